The molecule has 0 radical (unpaired) electrons. The Morgan fingerprint density at radius 1 is 1.15 bits per heavy atom. The van der Waals surface area contributed by atoms with Crippen molar-refractivity contribution in [2.75, 3.05) is 13.2 Å². The normalized spacial score (nSPS) is 13.4. The Morgan fingerprint density at radius 2 is 1.85 bits per heavy atom. The van der Waals surface area contributed by atoms with Gasteiger partial charge in [0.1, 0.15) is 23.5 Å². The Hall–Kier alpha value is -3.61. The largest absolute Gasteiger partial charge is 0.493 e. The fourth-order valence-corrected chi connectivity index (χ4v) is 3.36. The quantitative estimate of drug-likeness (QED) is 0.314. The number of aryl methyl sites for hydroxylation is 1. The minimum Gasteiger partial charge on any atom is -0.493 e. The summed E-state index contributed by atoms with van der Waals surface area (Å²) in [6.45, 7) is 7.88. The first-order valence-corrected chi connectivity index (χ1v) is 11.0. The van der Waals surface area contributed by atoms with Crippen molar-refractivity contribution >= 4 is 11.7 Å². The van der Waals surface area contributed by atoms with E-state index in [-0.39, 0.29) is 0 Å². The summed E-state index contributed by atoms with van der Waals surface area (Å²) in [5.74, 6) is 1.16. The number of benzene rings is 2. The number of oxime groups is 1. The van der Waals surface area contributed by atoms with Crippen molar-refractivity contribution in [3.05, 3.63) is 71.6 Å². The molecule has 1 unspecified atom stereocenters. The van der Waals surface area contributed by atoms with E-state index in [0.29, 0.717) is 43.4 Å². The van der Waals surface area contributed by atoms with Crippen molar-refractivity contribution in [3.63, 3.8) is 0 Å². The molecule has 0 amide bonds. The average Bonchev–Trinajstić information content (AvgIpc) is 3.19. The summed E-state index contributed by atoms with van der Waals surface area (Å²) in [5.41, 5.74) is 1.96. The lowest BCUT2D eigenvalue weighted by atomic mass is 9.80. The molecule has 1 heterocycles. The number of carboxylic acids is 1. The van der Waals surface area contributed by atoms with Crippen LogP contribution >= 0.6 is 0 Å². The molecule has 0 saturated heterocycles. The van der Waals surface area contributed by atoms with Gasteiger partial charge in [-0.2, -0.15) is 0 Å². The van der Waals surface area contributed by atoms with Crippen LogP contribution in [0.5, 0.6) is 5.75 Å². The van der Waals surface area contributed by atoms with Crippen LogP contribution in [-0.4, -0.2) is 35.0 Å². The van der Waals surface area contributed by atoms with Gasteiger partial charge in [-0.05, 0) is 63.9 Å². The first-order chi connectivity index (χ1) is 15.8. The van der Waals surface area contributed by atoms with Crippen molar-refractivity contribution in [3.8, 4) is 17.2 Å². The van der Waals surface area contributed by atoms with Crippen molar-refractivity contribution in [2.45, 2.75) is 40.5 Å². The summed E-state index contributed by atoms with van der Waals surface area (Å²) in [5, 5.41) is 13.7. The van der Waals surface area contributed by atoms with Gasteiger partial charge in [0.05, 0.1) is 18.0 Å². The van der Waals surface area contributed by atoms with Crippen molar-refractivity contribution in [1.82, 2.24) is 4.98 Å². The molecule has 1 aromatic heterocycles. The molecule has 0 aliphatic heterocycles. The molecule has 7 heteroatoms. The Kier molecular flexibility index (Phi) is 7.87. The topological polar surface area (TPSA) is 94.2 Å². The maximum absolute atomic E-state index is 11.9. The smallest absolute Gasteiger partial charge is 0.315 e. The van der Waals surface area contributed by atoms with Gasteiger partial charge in [-0.1, -0.05) is 35.5 Å². The lowest BCUT2D eigenvalue weighted by molar-refractivity contribution is -0.144. The summed E-state index contributed by atoms with van der Waals surface area (Å²) in [4.78, 5) is 21.6. The number of hydrogen-bond donors (Lipinski definition) is 1. The maximum Gasteiger partial charge on any atom is 0.315 e. The third-order valence-electron chi connectivity index (χ3n) is 5.60. The first-order valence-electron chi connectivity index (χ1n) is 11.0. The number of nitrogens with zero attached hydrogens (tertiary/aromatic N) is 2. The van der Waals surface area contributed by atoms with E-state index in [1.165, 1.54) is 0 Å². The molecular weight excluding hydrogens is 420 g/mol. The highest BCUT2D eigenvalue weighted by Crippen LogP contribution is 2.27. The Morgan fingerprint density at radius 3 is 2.48 bits per heavy atom. The predicted octanol–water partition coefficient (Wildman–Crippen LogP) is 5.32. The molecule has 0 fully saturated rings. The average molecular weight is 451 g/mol. The van der Waals surface area contributed by atoms with E-state index in [2.05, 4.69) is 10.1 Å². The van der Waals surface area contributed by atoms with Crippen molar-refractivity contribution < 1.29 is 23.9 Å². The molecule has 0 aliphatic rings. The minimum atomic E-state index is -1.15. The van der Waals surface area contributed by atoms with Crippen LogP contribution in [-0.2, 0) is 22.5 Å². The highest BCUT2D eigenvalue weighted by atomic mass is 16.6. The molecule has 0 saturated carbocycles. The Balaban J connectivity index is 1.59. The van der Waals surface area contributed by atoms with Gasteiger partial charge in [0.25, 0.3) is 0 Å². The van der Waals surface area contributed by atoms with Crippen LogP contribution < -0.4 is 4.74 Å². The van der Waals surface area contributed by atoms with Crippen LogP contribution in [0.4, 0.5) is 0 Å². The molecular formula is C26H30N2O5. The second kappa shape index (κ2) is 10.8. The Labute approximate surface area is 194 Å². The minimum absolute atomic E-state index is 0.297. The molecule has 3 aromatic rings. The SMILES string of the molecule is CCO/N=C(\C)C(C)(Cc1ccc(OCCc2nc(-c3ccccc3)oc2C)cc1)C(=O)O. The van der Waals surface area contributed by atoms with E-state index in [1.807, 2.05) is 61.5 Å². The number of aromatic nitrogens is 1. The van der Waals surface area contributed by atoms with Crippen molar-refractivity contribution in [2.24, 2.45) is 10.6 Å². The summed E-state index contributed by atoms with van der Waals surface area (Å²) in [7, 11) is 0. The zero-order valence-electron chi connectivity index (χ0n) is 19.5. The standard InChI is InChI=1S/C26H30N2O5/c1-5-32-28-19(3)26(4,25(29)30)17-20-11-13-22(14-12-20)31-16-15-23-18(2)33-24(27-23)21-9-7-6-8-10-21/h6-14H,5,15-17H2,1-4H3,(H,29,30)/b28-19+. The summed E-state index contributed by atoms with van der Waals surface area (Å²) >= 11 is 0. The van der Waals surface area contributed by atoms with Crippen LogP contribution in [0.2, 0.25) is 0 Å². The third-order valence-corrected chi connectivity index (χ3v) is 5.60. The van der Waals surface area contributed by atoms with Crippen LogP contribution in [0.3, 0.4) is 0 Å². The van der Waals surface area contributed by atoms with Gasteiger partial charge >= 0.3 is 5.97 Å². The van der Waals surface area contributed by atoms with E-state index in [9.17, 15) is 9.90 Å². The molecule has 7 nitrogen and oxygen atoms in total. The molecule has 1 N–H and O–H groups in total. The van der Waals surface area contributed by atoms with Gasteiger partial charge in [-0.25, -0.2) is 4.98 Å². The number of aliphatic carboxylic acids is 1. The van der Waals surface area contributed by atoms with E-state index in [1.54, 1.807) is 20.8 Å². The van der Waals surface area contributed by atoms with Crippen LogP contribution in [0, 0.1) is 12.3 Å². The summed E-state index contributed by atoms with van der Waals surface area (Å²) < 4.78 is 11.7. The maximum atomic E-state index is 11.9. The third kappa shape index (κ3) is 6.00. The van der Waals surface area contributed by atoms with Crippen LogP contribution in [0.1, 0.15) is 37.8 Å². The fourth-order valence-electron chi connectivity index (χ4n) is 3.36. The van der Waals surface area contributed by atoms with Gasteiger partial charge in [0.15, 0.2) is 0 Å². The second-order valence-corrected chi connectivity index (χ2v) is 8.04. The van der Waals surface area contributed by atoms with Crippen LogP contribution in [0.25, 0.3) is 11.5 Å². The van der Waals surface area contributed by atoms with Gasteiger partial charge in [-0.3, -0.25) is 4.79 Å². The second-order valence-electron chi connectivity index (χ2n) is 8.04. The fraction of sp³-hybridized carbons (Fsp3) is 0.346. The summed E-state index contributed by atoms with van der Waals surface area (Å²) in [6, 6.07) is 17.2. The molecule has 0 spiro atoms. The number of ether oxygens (including phenoxy) is 1. The molecule has 1 atom stereocenters. The van der Waals surface area contributed by atoms with Crippen LogP contribution in [0.15, 0.2) is 64.2 Å². The molecule has 0 bridgehead atoms. The lowest BCUT2D eigenvalue weighted by Gasteiger charge is -2.24. The molecule has 0 aliphatic carbocycles. The van der Waals surface area contributed by atoms with E-state index in [4.69, 9.17) is 14.0 Å². The number of oxazole rings is 1. The number of rotatable bonds is 11. The number of hydrogen-bond acceptors (Lipinski definition) is 6. The molecule has 174 valence electrons. The van der Waals surface area contributed by atoms with E-state index >= 15 is 0 Å². The lowest BCUT2D eigenvalue weighted by Crippen LogP contribution is -2.37. The Bertz CT molecular complexity index is 1090. The van der Waals surface area contributed by atoms with E-state index in [0.717, 1.165) is 22.6 Å². The zero-order chi connectivity index (χ0) is 23.8. The van der Waals surface area contributed by atoms with Gasteiger partial charge in [0.2, 0.25) is 5.89 Å². The zero-order valence-corrected chi connectivity index (χ0v) is 19.5. The molecule has 2 aromatic carbocycles. The summed E-state index contributed by atoms with van der Waals surface area (Å²) in [6.07, 6.45) is 0.916. The number of carboxylic acid groups (broad SMARTS) is 1. The monoisotopic (exact) mass is 450 g/mol. The van der Waals surface area contributed by atoms with E-state index < -0.39 is 11.4 Å². The van der Waals surface area contributed by atoms with Gasteiger partial charge < -0.3 is 19.1 Å². The highest BCUT2D eigenvalue weighted by Gasteiger charge is 2.37. The molecule has 3 rings (SSSR count). The van der Waals surface area contributed by atoms with Gasteiger partial charge in [-0.15, -0.1) is 0 Å². The number of carbonyl (C=O) groups is 1. The highest BCUT2D eigenvalue weighted by molar-refractivity contribution is 6.04. The first kappa shape index (κ1) is 24.0. The predicted molar refractivity (Wildman–Crippen MR) is 126 cm³/mol. The van der Waals surface area contributed by atoms with Crippen molar-refractivity contribution in [1.29, 1.82) is 0 Å². The van der Waals surface area contributed by atoms with Gasteiger partial charge in [0, 0.05) is 12.0 Å². The molecule has 33 heavy (non-hydrogen) atoms.